The molecule has 0 saturated carbocycles. The lowest BCUT2D eigenvalue weighted by atomic mass is 10.3. The topological polar surface area (TPSA) is 80.7 Å². The summed E-state index contributed by atoms with van der Waals surface area (Å²) >= 11 is 1.36. The maximum atomic E-state index is 12.4. The molecule has 1 amide bonds. The van der Waals surface area contributed by atoms with Gasteiger partial charge in [-0.25, -0.2) is 18.7 Å². The Balaban J connectivity index is 1.77. The number of carbonyl (C=O) groups is 1. The van der Waals surface area contributed by atoms with Crippen molar-refractivity contribution in [1.29, 1.82) is 0 Å². The number of aromatic nitrogens is 4. The second-order valence-electron chi connectivity index (χ2n) is 4.36. The van der Waals surface area contributed by atoms with E-state index in [2.05, 4.69) is 25.3 Å². The number of nitrogens with zero attached hydrogens (tertiary/aromatic N) is 4. The van der Waals surface area contributed by atoms with Crippen molar-refractivity contribution in [3.8, 4) is 10.7 Å². The lowest BCUT2D eigenvalue weighted by Gasteiger charge is -2.06. The predicted molar refractivity (Wildman–Crippen MR) is 80.3 cm³/mol. The number of amides is 1. The molecule has 116 valence electrons. The zero-order valence-electron chi connectivity index (χ0n) is 11.5. The lowest BCUT2D eigenvalue weighted by molar-refractivity contribution is 0.102. The van der Waals surface area contributed by atoms with Crippen molar-refractivity contribution in [2.75, 3.05) is 5.32 Å². The first-order chi connectivity index (χ1) is 11.1. The first kappa shape index (κ1) is 15.1. The molecular weight excluding hydrogens is 324 g/mol. The smallest absolute Gasteiger partial charge is 0.280 e. The van der Waals surface area contributed by atoms with Gasteiger partial charge in [-0.15, -0.1) is 11.3 Å². The molecule has 0 atom stereocenters. The third kappa shape index (κ3) is 3.51. The highest BCUT2D eigenvalue weighted by molar-refractivity contribution is 7.13. The van der Waals surface area contributed by atoms with Crippen molar-refractivity contribution in [2.45, 2.75) is 6.43 Å². The molecular formula is C14H9F2N5OS. The summed E-state index contributed by atoms with van der Waals surface area (Å²) in [7, 11) is 0. The van der Waals surface area contributed by atoms with Crippen molar-refractivity contribution < 1.29 is 13.6 Å². The van der Waals surface area contributed by atoms with E-state index in [-0.39, 0.29) is 11.4 Å². The largest absolute Gasteiger partial charge is 0.319 e. The average molecular weight is 333 g/mol. The average Bonchev–Trinajstić information content (AvgIpc) is 3.10. The van der Waals surface area contributed by atoms with Crippen LogP contribution >= 0.6 is 11.3 Å². The number of hydrogen-bond donors (Lipinski definition) is 1. The number of pyridine rings is 1. The minimum Gasteiger partial charge on any atom is -0.319 e. The molecule has 0 aliphatic rings. The van der Waals surface area contributed by atoms with Crippen LogP contribution < -0.4 is 5.32 Å². The number of thiazole rings is 1. The maximum Gasteiger partial charge on any atom is 0.280 e. The number of alkyl halides is 2. The zero-order chi connectivity index (χ0) is 16.2. The van der Waals surface area contributed by atoms with Crippen molar-refractivity contribution in [2.24, 2.45) is 0 Å². The van der Waals surface area contributed by atoms with Crippen molar-refractivity contribution >= 4 is 22.9 Å². The molecule has 0 radical (unpaired) electrons. The summed E-state index contributed by atoms with van der Waals surface area (Å²) in [5.74, 6) is -0.0870. The van der Waals surface area contributed by atoms with Crippen LogP contribution in [0.3, 0.4) is 0 Å². The SMILES string of the molecule is O=C(Nc1ccc(C(F)F)nc1)c1ccnc(-c2cncs2)n1. The van der Waals surface area contributed by atoms with E-state index >= 15 is 0 Å². The van der Waals surface area contributed by atoms with Gasteiger partial charge in [0.1, 0.15) is 11.4 Å². The molecule has 3 aromatic heterocycles. The van der Waals surface area contributed by atoms with Crippen LogP contribution in [-0.4, -0.2) is 25.8 Å². The summed E-state index contributed by atoms with van der Waals surface area (Å²) in [5.41, 5.74) is 1.75. The second-order valence-corrected chi connectivity index (χ2v) is 5.24. The standard InChI is InChI=1S/C14H9F2N5OS/c15-12(16)9-2-1-8(5-19-9)20-14(22)10-3-4-18-13(21-10)11-6-17-7-23-11/h1-7,12H,(H,20,22). The van der Waals surface area contributed by atoms with Crippen molar-refractivity contribution in [3.63, 3.8) is 0 Å². The van der Waals surface area contributed by atoms with Crippen LogP contribution in [0.4, 0.5) is 14.5 Å². The molecule has 0 aromatic carbocycles. The van der Waals surface area contributed by atoms with Crippen molar-refractivity contribution in [1.82, 2.24) is 19.9 Å². The summed E-state index contributed by atoms with van der Waals surface area (Å²) in [4.78, 5) is 28.7. The number of hydrogen-bond acceptors (Lipinski definition) is 6. The van der Waals surface area contributed by atoms with Gasteiger partial charge in [0.25, 0.3) is 12.3 Å². The summed E-state index contributed by atoms with van der Waals surface area (Å²) in [6.45, 7) is 0. The number of nitrogens with one attached hydrogen (secondary N) is 1. The van der Waals surface area contributed by atoms with Crippen LogP contribution in [0.5, 0.6) is 0 Å². The van der Waals surface area contributed by atoms with Gasteiger partial charge in [-0.05, 0) is 18.2 Å². The number of halogens is 2. The number of carbonyl (C=O) groups excluding carboxylic acids is 1. The van der Waals surface area contributed by atoms with Crippen LogP contribution in [0.15, 0.2) is 42.3 Å². The van der Waals surface area contributed by atoms with Gasteiger partial charge >= 0.3 is 0 Å². The maximum absolute atomic E-state index is 12.4. The van der Waals surface area contributed by atoms with Gasteiger partial charge in [-0.1, -0.05) is 0 Å². The Morgan fingerprint density at radius 2 is 2.04 bits per heavy atom. The quantitative estimate of drug-likeness (QED) is 0.793. The van der Waals surface area contributed by atoms with Gasteiger partial charge in [0.2, 0.25) is 0 Å². The Kier molecular flexibility index (Phi) is 4.29. The van der Waals surface area contributed by atoms with E-state index in [0.29, 0.717) is 11.5 Å². The fourth-order valence-electron chi connectivity index (χ4n) is 1.73. The molecule has 6 nitrogen and oxygen atoms in total. The van der Waals surface area contributed by atoms with E-state index in [9.17, 15) is 13.6 Å². The van der Waals surface area contributed by atoms with E-state index in [1.54, 1.807) is 11.7 Å². The van der Waals surface area contributed by atoms with Crippen LogP contribution in [0.1, 0.15) is 22.6 Å². The Hall–Kier alpha value is -2.81. The summed E-state index contributed by atoms with van der Waals surface area (Å²) in [6, 6.07) is 3.97. The molecule has 3 rings (SSSR count). The highest BCUT2D eigenvalue weighted by atomic mass is 32.1. The minimum atomic E-state index is -2.65. The second kappa shape index (κ2) is 6.53. The van der Waals surface area contributed by atoms with Gasteiger partial charge in [-0.3, -0.25) is 14.8 Å². The number of anilines is 1. The molecule has 0 bridgehead atoms. The van der Waals surface area contributed by atoms with Gasteiger partial charge in [0.15, 0.2) is 5.82 Å². The van der Waals surface area contributed by atoms with E-state index in [1.807, 2.05) is 0 Å². The van der Waals surface area contributed by atoms with Gasteiger partial charge in [0.05, 0.1) is 22.3 Å². The van der Waals surface area contributed by atoms with Gasteiger partial charge in [0, 0.05) is 12.4 Å². The third-order valence-corrected chi connectivity index (χ3v) is 3.58. The molecule has 0 aliphatic carbocycles. The Labute approximate surface area is 133 Å². The molecule has 9 heteroatoms. The van der Waals surface area contributed by atoms with Crippen LogP contribution in [-0.2, 0) is 0 Å². The zero-order valence-corrected chi connectivity index (χ0v) is 12.3. The van der Waals surface area contributed by atoms with E-state index in [1.165, 1.54) is 35.9 Å². The monoisotopic (exact) mass is 333 g/mol. The fraction of sp³-hybridized carbons (Fsp3) is 0.0714. The first-order valence-electron chi connectivity index (χ1n) is 6.41. The van der Waals surface area contributed by atoms with Crippen LogP contribution in [0.25, 0.3) is 10.7 Å². The minimum absolute atomic E-state index is 0.154. The number of rotatable bonds is 4. The molecule has 1 N–H and O–H groups in total. The summed E-state index contributed by atoms with van der Waals surface area (Å²) < 4.78 is 24.9. The fourth-order valence-corrected chi connectivity index (χ4v) is 2.29. The molecule has 23 heavy (non-hydrogen) atoms. The highest BCUT2D eigenvalue weighted by Gasteiger charge is 2.12. The highest BCUT2D eigenvalue weighted by Crippen LogP contribution is 2.20. The lowest BCUT2D eigenvalue weighted by Crippen LogP contribution is -2.14. The third-order valence-electron chi connectivity index (χ3n) is 2.81. The molecule has 0 spiro atoms. The van der Waals surface area contributed by atoms with Crippen LogP contribution in [0, 0.1) is 0 Å². The van der Waals surface area contributed by atoms with Gasteiger partial charge < -0.3 is 5.32 Å². The molecule has 0 aliphatic heterocycles. The molecule has 0 fully saturated rings. The first-order valence-corrected chi connectivity index (χ1v) is 7.29. The van der Waals surface area contributed by atoms with E-state index < -0.39 is 12.3 Å². The molecule has 0 saturated heterocycles. The summed E-state index contributed by atoms with van der Waals surface area (Å²) in [6.07, 6.45) is 1.60. The Morgan fingerprint density at radius 3 is 2.70 bits per heavy atom. The molecule has 0 unspecified atom stereocenters. The predicted octanol–water partition coefficient (Wildman–Crippen LogP) is 3.19. The van der Waals surface area contributed by atoms with Gasteiger partial charge in [-0.2, -0.15) is 0 Å². The molecule has 3 heterocycles. The normalized spacial score (nSPS) is 10.7. The summed E-state index contributed by atoms with van der Waals surface area (Å²) in [5, 5.41) is 2.55. The van der Waals surface area contributed by atoms with Crippen molar-refractivity contribution in [3.05, 3.63) is 53.7 Å². The van der Waals surface area contributed by atoms with E-state index in [0.717, 1.165) is 10.9 Å². The molecule has 3 aromatic rings. The Morgan fingerprint density at radius 1 is 1.17 bits per heavy atom. The Bertz CT molecular complexity index is 808. The van der Waals surface area contributed by atoms with E-state index in [4.69, 9.17) is 0 Å². The van der Waals surface area contributed by atoms with Crippen LogP contribution in [0.2, 0.25) is 0 Å².